The van der Waals surface area contributed by atoms with Crippen LogP contribution in [0.25, 0.3) is 0 Å². The smallest absolute Gasteiger partial charge is 0.0387 e. The molecule has 1 nitrogen and oxygen atoms in total. The zero-order valence-electron chi connectivity index (χ0n) is 13.2. The summed E-state index contributed by atoms with van der Waals surface area (Å²) in [7, 11) is 0. The summed E-state index contributed by atoms with van der Waals surface area (Å²) in [5, 5.41) is 3.50. The summed E-state index contributed by atoms with van der Waals surface area (Å²) in [5.74, 6) is 0.786. The average molecular weight is 279 g/mol. The van der Waals surface area contributed by atoms with Gasteiger partial charge in [-0.15, -0.1) is 0 Å². The van der Waals surface area contributed by atoms with E-state index < -0.39 is 0 Å². The maximum Gasteiger partial charge on any atom is 0.0387 e. The normalized spacial score (nSPS) is 15.9. The van der Waals surface area contributed by atoms with E-state index in [2.05, 4.69) is 61.6 Å². The second-order valence-electron chi connectivity index (χ2n) is 6.38. The Morgan fingerprint density at radius 2 is 1.43 bits per heavy atom. The van der Waals surface area contributed by atoms with Crippen molar-refractivity contribution >= 4 is 11.4 Å². The number of benzene rings is 2. The summed E-state index contributed by atoms with van der Waals surface area (Å²) < 4.78 is 0. The Hall–Kier alpha value is -1.76. The van der Waals surface area contributed by atoms with Crippen molar-refractivity contribution in [2.45, 2.75) is 51.9 Å². The molecule has 0 aromatic heterocycles. The van der Waals surface area contributed by atoms with Gasteiger partial charge in [0.25, 0.3) is 0 Å². The molecule has 2 aromatic carbocycles. The zero-order chi connectivity index (χ0) is 14.7. The van der Waals surface area contributed by atoms with E-state index in [4.69, 9.17) is 0 Å². The van der Waals surface area contributed by atoms with Crippen molar-refractivity contribution < 1.29 is 0 Å². The average Bonchev–Trinajstić information content (AvgIpc) is 2.53. The molecular formula is C20H25N. The maximum absolute atomic E-state index is 3.50. The van der Waals surface area contributed by atoms with Gasteiger partial charge in [0.1, 0.15) is 0 Å². The number of nitrogens with one attached hydrogen (secondary N) is 1. The highest BCUT2D eigenvalue weighted by Gasteiger charge is 2.14. The van der Waals surface area contributed by atoms with E-state index in [0.29, 0.717) is 0 Å². The molecule has 1 fully saturated rings. The Balaban J connectivity index is 1.70. The van der Waals surface area contributed by atoms with Crippen molar-refractivity contribution in [1.29, 1.82) is 0 Å². The lowest BCUT2D eigenvalue weighted by atomic mass is 9.84. The van der Waals surface area contributed by atoms with Crippen molar-refractivity contribution in [2.75, 3.05) is 5.32 Å². The Morgan fingerprint density at radius 3 is 2.10 bits per heavy atom. The topological polar surface area (TPSA) is 12.0 Å². The molecule has 2 aromatic rings. The van der Waals surface area contributed by atoms with Gasteiger partial charge in [0, 0.05) is 11.4 Å². The fraction of sp³-hybridized carbons (Fsp3) is 0.400. The molecule has 1 heteroatoms. The lowest BCUT2D eigenvalue weighted by Gasteiger charge is -2.22. The van der Waals surface area contributed by atoms with E-state index in [9.17, 15) is 0 Å². The summed E-state index contributed by atoms with van der Waals surface area (Å²) in [5.41, 5.74) is 6.54. The van der Waals surface area contributed by atoms with Gasteiger partial charge in [-0.25, -0.2) is 0 Å². The maximum atomic E-state index is 3.50. The molecule has 1 saturated carbocycles. The molecule has 1 N–H and O–H groups in total. The van der Waals surface area contributed by atoms with Crippen LogP contribution in [0.5, 0.6) is 0 Å². The minimum atomic E-state index is 0.786. The second-order valence-corrected chi connectivity index (χ2v) is 6.38. The Labute approximate surface area is 128 Å². The molecule has 0 spiro atoms. The molecule has 0 heterocycles. The number of rotatable bonds is 3. The van der Waals surface area contributed by atoms with E-state index in [1.807, 2.05) is 0 Å². The first-order valence-corrected chi connectivity index (χ1v) is 8.16. The Bertz CT molecular complexity index is 592. The van der Waals surface area contributed by atoms with Gasteiger partial charge in [-0.1, -0.05) is 37.5 Å². The van der Waals surface area contributed by atoms with Crippen LogP contribution in [0, 0.1) is 13.8 Å². The quantitative estimate of drug-likeness (QED) is 0.716. The molecule has 0 radical (unpaired) electrons. The predicted molar refractivity (Wildman–Crippen MR) is 91.5 cm³/mol. The molecule has 0 aliphatic heterocycles. The monoisotopic (exact) mass is 279 g/mol. The second kappa shape index (κ2) is 6.34. The number of anilines is 2. The highest BCUT2D eigenvalue weighted by atomic mass is 14.9. The molecule has 0 unspecified atom stereocenters. The zero-order valence-corrected chi connectivity index (χ0v) is 13.2. The standard InChI is InChI=1S/C20H25N/c1-15-8-11-20(14-16(15)2)21-19-12-9-18(10-13-19)17-6-4-3-5-7-17/h8-14,17,21H,3-7H2,1-2H3. The van der Waals surface area contributed by atoms with Crippen LogP contribution in [0.3, 0.4) is 0 Å². The van der Waals surface area contributed by atoms with Crippen LogP contribution in [0.1, 0.15) is 54.7 Å². The van der Waals surface area contributed by atoms with E-state index in [1.165, 1.54) is 60.2 Å². The summed E-state index contributed by atoms with van der Waals surface area (Å²) in [6.45, 7) is 4.31. The molecular weight excluding hydrogens is 254 g/mol. The molecule has 1 aliphatic carbocycles. The van der Waals surface area contributed by atoms with Crippen molar-refractivity contribution in [3.8, 4) is 0 Å². The largest absolute Gasteiger partial charge is 0.356 e. The number of hydrogen-bond acceptors (Lipinski definition) is 1. The van der Waals surface area contributed by atoms with Crippen molar-refractivity contribution in [2.24, 2.45) is 0 Å². The molecule has 0 bridgehead atoms. The summed E-state index contributed by atoms with van der Waals surface area (Å²) >= 11 is 0. The first kappa shape index (κ1) is 14.2. The van der Waals surface area contributed by atoms with Crippen LogP contribution in [0.15, 0.2) is 42.5 Å². The van der Waals surface area contributed by atoms with Gasteiger partial charge < -0.3 is 5.32 Å². The highest BCUT2D eigenvalue weighted by Crippen LogP contribution is 2.33. The highest BCUT2D eigenvalue weighted by molar-refractivity contribution is 5.61. The van der Waals surface area contributed by atoms with Gasteiger partial charge in [0.05, 0.1) is 0 Å². The number of hydrogen-bond donors (Lipinski definition) is 1. The van der Waals surface area contributed by atoms with Crippen LogP contribution >= 0.6 is 0 Å². The van der Waals surface area contributed by atoms with Crippen molar-refractivity contribution in [1.82, 2.24) is 0 Å². The first-order valence-electron chi connectivity index (χ1n) is 8.16. The summed E-state index contributed by atoms with van der Waals surface area (Å²) in [6, 6.07) is 15.6. The van der Waals surface area contributed by atoms with Gasteiger partial charge in [0.2, 0.25) is 0 Å². The van der Waals surface area contributed by atoms with Crippen LogP contribution in [-0.2, 0) is 0 Å². The van der Waals surface area contributed by atoms with Gasteiger partial charge in [0.15, 0.2) is 0 Å². The van der Waals surface area contributed by atoms with E-state index in [1.54, 1.807) is 0 Å². The van der Waals surface area contributed by atoms with Gasteiger partial charge in [-0.2, -0.15) is 0 Å². The van der Waals surface area contributed by atoms with Gasteiger partial charge in [-0.05, 0) is 73.6 Å². The van der Waals surface area contributed by atoms with Crippen molar-refractivity contribution in [3.63, 3.8) is 0 Å². The third kappa shape index (κ3) is 3.47. The lowest BCUT2D eigenvalue weighted by molar-refractivity contribution is 0.443. The lowest BCUT2D eigenvalue weighted by Crippen LogP contribution is -2.04. The van der Waals surface area contributed by atoms with Crippen molar-refractivity contribution in [3.05, 3.63) is 59.2 Å². The molecule has 0 saturated heterocycles. The van der Waals surface area contributed by atoms with Crippen LogP contribution in [0.4, 0.5) is 11.4 Å². The summed E-state index contributed by atoms with van der Waals surface area (Å²) in [4.78, 5) is 0. The molecule has 0 atom stereocenters. The predicted octanol–water partition coefficient (Wildman–Crippen LogP) is 6.09. The molecule has 21 heavy (non-hydrogen) atoms. The third-order valence-electron chi connectivity index (χ3n) is 4.78. The SMILES string of the molecule is Cc1ccc(Nc2ccc(C3CCCCC3)cc2)cc1C. The fourth-order valence-corrected chi connectivity index (χ4v) is 3.26. The first-order chi connectivity index (χ1) is 10.2. The third-order valence-corrected chi connectivity index (χ3v) is 4.78. The molecule has 110 valence electrons. The Kier molecular flexibility index (Phi) is 4.28. The Morgan fingerprint density at radius 1 is 0.762 bits per heavy atom. The minimum absolute atomic E-state index is 0.786. The van der Waals surface area contributed by atoms with Gasteiger partial charge in [-0.3, -0.25) is 0 Å². The van der Waals surface area contributed by atoms with E-state index >= 15 is 0 Å². The molecule has 1 aliphatic rings. The van der Waals surface area contributed by atoms with Crippen LogP contribution in [-0.4, -0.2) is 0 Å². The van der Waals surface area contributed by atoms with E-state index in [-0.39, 0.29) is 0 Å². The fourth-order valence-electron chi connectivity index (χ4n) is 3.26. The summed E-state index contributed by atoms with van der Waals surface area (Å²) in [6.07, 6.45) is 6.94. The van der Waals surface area contributed by atoms with Crippen LogP contribution < -0.4 is 5.32 Å². The van der Waals surface area contributed by atoms with Gasteiger partial charge >= 0.3 is 0 Å². The van der Waals surface area contributed by atoms with Crippen LogP contribution in [0.2, 0.25) is 0 Å². The molecule has 0 amide bonds. The molecule has 3 rings (SSSR count). The number of aryl methyl sites for hydroxylation is 2. The van der Waals surface area contributed by atoms with E-state index in [0.717, 1.165) is 5.92 Å². The minimum Gasteiger partial charge on any atom is -0.356 e.